The summed E-state index contributed by atoms with van der Waals surface area (Å²) in [5, 5.41) is 29.4. The minimum Gasteiger partial charge on any atom is -0.399 e. The molecule has 2 aliphatic carbocycles. The van der Waals surface area contributed by atoms with Crippen molar-refractivity contribution in [1.82, 2.24) is 0 Å². The minimum atomic E-state index is -1.51. The van der Waals surface area contributed by atoms with Crippen molar-refractivity contribution in [1.29, 1.82) is 15.8 Å². The lowest BCUT2D eigenvalue weighted by Gasteiger charge is -2.43. The van der Waals surface area contributed by atoms with Gasteiger partial charge in [-0.05, 0) is 65.0 Å². The van der Waals surface area contributed by atoms with E-state index < -0.39 is 5.41 Å². The van der Waals surface area contributed by atoms with E-state index in [0.717, 1.165) is 34.0 Å². The van der Waals surface area contributed by atoms with Crippen LogP contribution in [0.15, 0.2) is 47.2 Å². The molecule has 0 amide bonds. The molecule has 0 saturated carbocycles. The van der Waals surface area contributed by atoms with E-state index in [1.807, 2.05) is 24.3 Å². The van der Waals surface area contributed by atoms with Crippen LogP contribution in [0.3, 0.4) is 0 Å². The highest BCUT2D eigenvalue weighted by Gasteiger charge is 2.54. The average molecular weight is 426 g/mol. The van der Waals surface area contributed by atoms with Crippen LogP contribution in [0, 0.1) is 48.9 Å². The van der Waals surface area contributed by atoms with E-state index in [9.17, 15) is 15.8 Å². The van der Waals surface area contributed by atoms with Gasteiger partial charge in [0.2, 0.25) is 0 Å². The number of halogens is 1. The minimum absolute atomic E-state index is 0.0316. The van der Waals surface area contributed by atoms with Gasteiger partial charge >= 0.3 is 0 Å². The number of nitrogens with zero attached hydrogens (tertiary/aromatic N) is 3. The smallest absolute Gasteiger partial charge is 0.191 e. The number of allylic oxidation sites excluding steroid dienone is 4. The van der Waals surface area contributed by atoms with Crippen molar-refractivity contribution in [3.8, 4) is 18.2 Å². The summed E-state index contributed by atoms with van der Waals surface area (Å²) in [5.41, 5.74) is 7.03. The standard InChI is InChI=1S/C19H15IN4/c20-16-8-4-3-7-14(16)17-13-6-2-1-5-12(13)15(9-21)18(24)19(17,10-22)11-23/h3-5,7-8,13,17H,1-2,6,24H2/t13-,17-/m0/s1. The fraction of sp³-hybridized carbons (Fsp3) is 0.316. The molecule has 3 rings (SSSR count). The molecule has 24 heavy (non-hydrogen) atoms. The Balaban J connectivity index is 2.37. The van der Waals surface area contributed by atoms with Gasteiger partial charge in [-0.25, -0.2) is 0 Å². The number of benzene rings is 1. The monoisotopic (exact) mass is 426 g/mol. The number of fused-ring (bicyclic) bond motifs is 1. The quantitative estimate of drug-likeness (QED) is 0.689. The molecule has 0 aromatic heterocycles. The molecule has 2 N–H and O–H groups in total. The normalized spacial score (nSPS) is 24.8. The van der Waals surface area contributed by atoms with E-state index >= 15 is 0 Å². The van der Waals surface area contributed by atoms with Crippen molar-refractivity contribution in [2.75, 3.05) is 0 Å². The largest absolute Gasteiger partial charge is 0.399 e. The Morgan fingerprint density at radius 3 is 2.50 bits per heavy atom. The van der Waals surface area contributed by atoms with Crippen LogP contribution in [0.2, 0.25) is 0 Å². The summed E-state index contributed by atoms with van der Waals surface area (Å²) in [7, 11) is 0. The molecule has 5 heteroatoms. The maximum atomic E-state index is 9.92. The van der Waals surface area contributed by atoms with Crippen molar-refractivity contribution in [3.63, 3.8) is 0 Å². The number of hydrogen-bond donors (Lipinski definition) is 1. The number of hydrogen-bond acceptors (Lipinski definition) is 4. The molecule has 0 fully saturated rings. The molecule has 1 aromatic carbocycles. The van der Waals surface area contributed by atoms with Crippen LogP contribution in [0.25, 0.3) is 0 Å². The first-order chi connectivity index (χ1) is 11.6. The number of nitrogens with two attached hydrogens (primary N) is 1. The van der Waals surface area contributed by atoms with Crippen LogP contribution in [0.1, 0.15) is 30.7 Å². The lowest BCUT2D eigenvalue weighted by molar-refractivity contribution is 0.316. The maximum Gasteiger partial charge on any atom is 0.191 e. The summed E-state index contributed by atoms with van der Waals surface area (Å²) >= 11 is 2.24. The van der Waals surface area contributed by atoms with Crippen LogP contribution >= 0.6 is 22.6 Å². The molecule has 0 saturated heterocycles. The van der Waals surface area contributed by atoms with E-state index in [1.54, 1.807) is 0 Å². The van der Waals surface area contributed by atoms with E-state index in [0.29, 0.717) is 5.57 Å². The van der Waals surface area contributed by atoms with Gasteiger partial charge in [0.25, 0.3) is 0 Å². The Kier molecular flexibility index (Phi) is 4.35. The molecule has 0 heterocycles. The summed E-state index contributed by atoms with van der Waals surface area (Å²) in [6.07, 6.45) is 4.79. The topological polar surface area (TPSA) is 97.4 Å². The molecular formula is C19H15IN4. The molecule has 0 bridgehead atoms. The fourth-order valence-electron chi connectivity index (χ4n) is 3.94. The van der Waals surface area contributed by atoms with Gasteiger partial charge in [-0.2, -0.15) is 15.8 Å². The van der Waals surface area contributed by atoms with Crippen molar-refractivity contribution >= 4 is 22.6 Å². The van der Waals surface area contributed by atoms with Gasteiger partial charge in [-0.3, -0.25) is 0 Å². The van der Waals surface area contributed by atoms with Gasteiger partial charge < -0.3 is 5.73 Å². The molecule has 0 unspecified atom stereocenters. The van der Waals surface area contributed by atoms with E-state index in [4.69, 9.17) is 5.73 Å². The van der Waals surface area contributed by atoms with Gasteiger partial charge in [0, 0.05) is 9.49 Å². The summed E-state index contributed by atoms with van der Waals surface area (Å²) in [6.45, 7) is 0. The summed E-state index contributed by atoms with van der Waals surface area (Å²) < 4.78 is 1.01. The highest BCUT2D eigenvalue weighted by atomic mass is 127. The third-order valence-corrected chi connectivity index (χ3v) is 6.02. The van der Waals surface area contributed by atoms with E-state index in [-0.39, 0.29) is 17.5 Å². The van der Waals surface area contributed by atoms with Gasteiger partial charge in [0.1, 0.15) is 6.07 Å². The van der Waals surface area contributed by atoms with Crippen molar-refractivity contribution in [2.24, 2.45) is 17.1 Å². The number of rotatable bonds is 1. The zero-order valence-corrected chi connectivity index (χ0v) is 15.1. The first kappa shape index (κ1) is 16.6. The summed E-state index contributed by atoms with van der Waals surface area (Å²) in [5.74, 6) is -0.389. The molecule has 2 atom stereocenters. The van der Waals surface area contributed by atoms with Crippen LogP contribution < -0.4 is 5.73 Å². The van der Waals surface area contributed by atoms with Gasteiger partial charge in [-0.1, -0.05) is 24.3 Å². The van der Waals surface area contributed by atoms with Crippen LogP contribution in [0.5, 0.6) is 0 Å². The van der Waals surface area contributed by atoms with Crippen molar-refractivity contribution in [2.45, 2.75) is 25.2 Å². The Morgan fingerprint density at radius 2 is 1.88 bits per heavy atom. The lowest BCUT2D eigenvalue weighted by atomic mass is 9.57. The SMILES string of the molecule is N#CC1=C(N)C(C#N)(C#N)[C@H](c2ccccc2I)[C@H]2CCCC=C12. The molecule has 0 radical (unpaired) electrons. The molecule has 4 nitrogen and oxygen atoms in total. The fourth-order valence-corrected chi connectivity index (χ4v) is 4.67. The Labute approximate surface area is 155 Å². The molecule has 2 aliphatic rings. The highest BCUT2D eigenvalue weighted by Crippen LogP contribution is 2.56. The second kappa shape index (κ2) is 6.30. The van der Waals surface area contributed by atoms with Crippen LogP contribution in [0.4, 0.5) is 0 Å². The van der Waals surface area contributed by atoms with E-state index in [2.05, 4.69) is 46.9 Å². The third-order valence-electron chi connectivity index (χ3n) is 5.04. The first-order valence-electron chi connectivity index (χ1n) is 7.78. The van der Waals surface area contributed by atoms with Crippen molar-refractivity contribution < 1.29 is 0 Å². The van der Waals surface area contributed by atoms with Gasteiger partial charge in [-0.15, -0.1) is 0 Å². The zero-order chi connectivity index (χ0) is 17.3. The Bertz CT molecular complexity index is 862. The highest BCUT2D eigenvalue weighted by molar-refractivity contribution is 14.1. The summed E-state index contributed by atoms with van der Waals surface area (Å²) in [4.78, 5) is 0. The molecule has 1 aromatic rings. The second-order valence-corrected chi connectivity index (χ2v) is 7.29. The summed E-state index contributed by atoms with van der Waals surface area (Å²) in [6, 6.07) is 14.3. The molecule has 0 aliphatic heterocycles. The second-order valence-electron chi connectivity index (χ2n) is 6.13. The molecule has 0 spiro atoms. The Hall–Kier alpha value is -2.30. The zero-order valence-electron chi connectivity index (χ0n) is 13.0. The lowest BCUT2D eigenvalue weighted by Crippen LogP contribution is -2.43. The average Bonchev–Trinajstić information content (AvgIpc) is 2.62. The third kappa shape index (κ3) is 2.22. The number of nitriles is 3. The Morgan fingerprint density at radius 1 is 1.17 bits per heavy atom. The predicted molar refractivity (Wildman–Crippen MR) is 97.8 cm³/mol. The van der Waals surface area contributed by atoms with Crippen molar-refractivity contribution in [3.05, 3.63) is 56.3 Å². The van der Waals surface area contributed by atoms with E-state index in [1.165, 1.54) is 0 Å². The van der Waals surface area contributed by atoms with Gasteiger partial charge in [0.05, 0.1) is 23.4 Å². The first-order valence-corrected chi connectivity index (χ1v) is 8.86. The molecule has 118 valence electrons. The van der Waals surface area contributed by atoms with Gasteiger partial charge in [0.15, 0.2) is 5.41 Å². The van der Waals surface area contributed by atoms with Crippen LogP contribution in [-0.4, -0.2) is 0 Å². The maximum absolute atomic E-state index is 9.92. The van der Waals surface area contributed by atoms with Crippen LogP contribution in [-0.2, 0) is 0 Å². The molecular weight excluding hydrogens is 411 g/mol. The predicted octanol–water partition coefficient (Wildman–Crippen LogP) is 3.88.